The molecule has 0 saturated carbocycles. The van der Waals surface area contributed by atoms with Crippen molar-refractivity contribution < 1.29 is 9.59 Å². The predicted octanol–water partition coefficient (Wildman–Crippen LogP) is 4.86. The van der Waals surface area contributed by atoms with Crippen LogP contribution >= 0.6 is 11.6 Å². The number of nitrogens with one attached hydrogen (secondary N) is 2. The van der Waals surface area contributed by atoms with E-state index in [-0.39, 0.29) is 18.1 Å². The van der Waals surface area contributed by atoms with Gasteiger partial charge in [-0.25, -0.2) is 4.98 Å². The molecule has 0 unspecified atom stereocenters. The molecule has 2 aromatic carbocycles. The van der Waals surface area contributed by atoms with Gasteiger partial charge in [-0.1, -0.05) is 35.9 Å². The van der Waals surface area contributed by atoms with E-state index in [1.807, 2.05) is 30.3 Å². The van der Waals surface area contributed by atoms with Gasteiger partial charge in [-0.3, -0.25) is 9.59 Å². The maximum Gasteiger partial charge on any atom is 0.229 e. The molecule has 0 fully saturated rings. The molecule has 2 N–H and O–H groups in total. The van der Waals surface area contributed by atoms with E-state index in [2.05, 4.69) is 15.6 Å². The second-order valence-electron chi connectivity index (χ2n) is 6.05. The maximum absolute atomic E-state index is 12.1. The normalized spacial score (nSPS) is 10.3. The van der Waals surface area contributed by atoms with Gasteiger partial charge in [0.25, 0.3) is 0 Å². The Hall–Kier alpha value is -3.18. The van der Waals surface area contributed by atoms with Crippen LogP contribution < -0.4 is 10.6 Å². The lowest BCUT2D eigenvalue weighted by Crippen LogP contribution is -2.15. The van der Waals surface area contributed by atoms with Crippen LogP contribution in [-0.2, 0) is 11.2 Å². The molecule has 0 atom stereocenters. The van der Waals surface area contributed by atoms with Gasteiger partial charge in [0.2, 0.25) is 5.91 Å². The molecule has 0 radical (unpaired) electrons. The molecule has 5 nitrogen and oxygen atoms in total. The van der Waals surface area contributed by atoms with E-state index < -0.39 is 0 Å². The van der Waals surface area contributed by atoms with Crippen molar-refractivity contribution in [3.8, 4) is 0 Å². The number of nitrogens with zero attached hydrogens (tertiary/aromatic N) is 1. The molecule has 0 aliphatic heterocycles. The first kappa shape index (κ1) is 18.6. The van der Waals surface area contributed by atoms with E-state index in [9.17, 15) is 9.59 Å². The first-order chi connectivity index (χ1) is 13.0. The number of Topliss-reactive ketones (excluding diaryl/α,β-unsaturated/α-hetero) is 1. The fraction of sp³-hybridized carbons (Fsp3) is 0.0952. The Kier molecular flexibility index (Phi) is 5.84. The van der Waals surface area contributed by atoms with Gasteiger partial charge in [0.05, 0.1) is 18.3 Å². The van der Waals surface area contributed by atoms with Gasteiger partial charge in [-0.2, -0.15) is 0 Å². The van der Waals surface area contributed by atoms with E-state index in [4.69, 9.17) is 11.6 Å². The highest BCUT2D eigenvalue weighted by Crippen LogP contribution is 2.19. The van der Waals surface area contributed by atoms with Crippen molar-refractivity contribution in [2.45, 2.75) is 13.3 Å². The number of hydrogen-bond donors (Lipinski definition) is 2. The Morgan fingerprint density at radius 3 is 2.44 bits per heavy atom. The summed E-state index contributed by atoms with van der Waals surface area (Å²) in [6, 6.07) is 17.9. The maximum atomic E-state index is 12.1. The third-order valence-corrected chi connectivity index (χ3v) is 4.12. The van der Waals surface area contributed by atoms with E-state index in [0.717, 1.165) is 16.9 Å². The van der Waals surface area contributed by atoms with E-state index >= 15 is 0 Å². The number of carbonyl (C=O) groups is 2. The Balaban J connectivity index is 1.60. The topological polar surface area (TPSA) is 71.1 Å². The van der Waals surface area contributed by atoms with Gasteiger partial charge in [0.1, 0.15) is 5.82 Å². The molecule has 0 aliphatic carbocycles. The summed E-state index contributed by atoms with van der Waals surface area (Å²) in [5, 5.41) is 6.59. The lowest BCUT2D eigenvalue weighted by Gasteiger charge is -2.09. The highest BCUT2D eigenvalue weighted by atomic mass is 35.5. The molecule has 27 heavy (non-hydrogen) atoms. The molecule has 0 bridgehead atoms. The van der Waals surface area contributed by atoms with Crippen molar-refractivity contribution in [2.24, 2.45) is 0 Å². The monoisotopic (exact) mass is 379 g/mol. The highest BCUT2D eigenvalue weighted by molar-refractivity contribution is 6.30. The number of benzene rings is 2. The smallest absolute Gasteiger partial charge is 0.229 e. The van der Waals surface area contributed by atoms with Crippen LogP contribution in [0.15, 0.2) is 66.9 Å². The van der Waals surface area contributed by atoms with Crippen LogP contribution in [0.4, 0.5) is 17.2 Å². The molecule has 1 aromatic heterocycles. The van der Waals surface area contributed by atoms with Crippen molar-refractivity contribution in [2.75, 3.05) is 10.6 Å². The fourth-order valence-electron chi connectivity index (χ4n) is 2.50. The minimum absolute atomic E-state index is 0.00974. The molecule has 3 rings (SSSR count). The van der Waals surface area contributed by atoms with Crippen LogP contribution in [0.3, 0.4) is 0 Å². The van der Waals surface area contributed by atoms with Crippen molar-refractivity contribution >= 4 is 40.5 Å². The third-order valence-electron chi connectivity index (χ3n) is 3.87. The number of carbonyl (C=O) groups excluding carboxylic acids is 2. The molecule has 0 aliphatic rings. The number of aromatic nitrogens is 1. The standard InChI is InChI=1S/C21H18ClN3O2/c1-14(26)16-3-2-4-18(12-16)24-19-9-10-20(23-13-19)25-21(27)11-15-5-7-17(22)8-6-15/h2-10,12-13,24H,11H2,1H3,(H,23,25,27). The summed E-state index contributed by atoms with van der Waals surface area (Å²) < 4.78 is 0. The van der Waals surface area contributed by atoms with Crippen molar-refractivity contribution in [1.82, 2.24) is 4.98 Å². The zero-order chi connectivity index (χ0) is 19.2. The van der Waals surface area contributed by atoms with Crippen LogP contribution in [0.25, 0.3) is 0 Å². The average molecular weight is 380 g/mol. The lowest BCUT2D eigenvalue weighted by atomic mass is 10.1. The summed E-state index contributed by atoms with van der Waals surface area (Å²) in [5.41, 5.74) is 3.06. The molecule has 6 heteroatoms. The predicted molar refractivity (Wildman–Crippen MR) is 108 cm³/mol. The molecule has 1 amide bonds. The van der Waals surface area contributed by atoms with Crippen LogP contribution in [0.5, 0.6) is 0 Å². The van der Waals surface area contributed by atoms with E-state index in [0.29, 0.717) is 16.4 Å². The van der Waals surface area contributed by atoms with Gasteiger partial charge in [0, 0.05) is 16.3 Å². The van der Waals surface area contributed by atoms with Gasteiger partial charge < -0.3 is 10.6 Å². The molecule has 1 heterocycles. The summed E-state index contributed by atoms with van der Waals surface area (Å²) in [6.45, 7) is 1.53. The van der Waals surface area contributed by atoms with Gasteiger partial charge in [-0.05, 0) is 48.9 Å². The summed E-state index contributed by atoms with van der Waals surface area (Å²) >= 11 is 5.84. The fourth-order valence-corrected chi connectivity index (χ4v) is 2.63. The van der Waals surface area contributed by atoms with Gasteiger partial charge in [-0.15, -0.1) is 0 Å². The molecule has 136 valence electrons. The zero-order valence-electron chi connectivity index (χ0n) is 14.7. The Morgan fingerprint density at radius 1 is 1.00 bits per heavy atom. The van der Waals surface area contributed by atoms with Crippen molar-refractivity contribution in [3.05, 3.63) is 83.0 Å². The Bertz CT molecular complexity index is 954. The minimum Gasteiger partial charge on any atom is -0.354 e. The highest BCUT2D eigenvalue weighted by Gasteiger charge is 2.06. The van der Waals surface area contributed by atoms with Crippen molar-refractivity contribution in [3.63, 3.8) is 0 Å². The Labute approximate surface area is 162 Å². The Morgan fingerprint density at radius 2 is 1.78 bits per heavy atom. The number of ketones is 1. The number of rotatable bonds is 6. The van der Waals surface area contributed by atoms with Crippen molar-refractivity contribution in [1.29, 1.82) is 0 Å². The summed E-state index contributed by atoms with van der Waals surface area (Å²) in [4.78, 5) is 27.8. The first-order valence-electron chi connectivity index (χ1n) is 8.38. The SMILES string of the molecule is CC(=O)c1cccc(Nc2ccc(NC(=O)Cc3ccc(Cl)cc3)nc2)c1. The first-order valence-corrected chi connectivity index (χ1v) is 8.76. The number of amides is 1. The number of hydrogen-bond acceptors (Lipinski definition) is 4. The van der Waals surface area contributed by atoms with Crippen LogP contribution in [0.1, 0.15) is 22.8 Å². The number of halogens is 1. The summed E-state index contributed by atoms with van der Waals surface area (Å²) in [7, 11) is 0. The molecular formula is C21H18ClN3O2. The van der Waals surface area contributed by atoms with Crippen LogP contribution in [0.2, 0.25) is 5.02 Å². The molecule has 0 saturated heterocycles. The van der Waals surface area contributed by atoms with Crippen LogP contribution in [-0.4, -0.2) is 16.7 Å². The quantitative estimate of drug-likeness (QED) is 0.600. The van der Waals surface area contributed by atoms with Gasteiger partial charge >= 0.3 is 0 Å². The summed E-state index contributed by atoms with van der Waals surface area (Å²) in [6.07, 6.45) is 1.87. The lowest BCUT2D eigenvalue weighted by molar-refractivity contribution is -0.115. The zero-order valence-corrected chi connectivity index (χ0v) is 15.5. The largest absolute Gasteiger partial charge is 0.354 e. The third kappa shape index (κ3) is 5.39. The molecular weight excluding hydrogens is 362 g/mol. The second-order valence-corrected chi connectivity index (χ2v) is 6.48. The van der Waals surface area contributed by atoms with E-state index in [1.165, 1.54) is 6.92 Å². The van der Waals surface area contributed by atoms with Gasteiger partial charge in [0.15, 0.2) is 5.78 Å². The number of anilines is 3. The average Bonchev–Trinajstić information content (AvgIpc) is 2.65. The van der Waals surface area contributed by atoms with Crippen LogP contribution in [0, 0.1) is 0 Å². The molecule has 3 aromatic rings. The second kappa shape index (κ2) is 8.47. The number of pyridine rings is 1. The molecule has 0 spiro atoms. The summed E-state index contributed by atoms with van der Waals surface area (Å²) in [5.74, 6) is 0.326. The van der Waals surface area contributed by atoms with E-state index in [1.54, 1.807) is 36.5 Å². The minimum atomic E-state index is -0.153.